The van der Waals surface area contributed by atoms with E-state index in [2.05, 4.69) is 25.7 Å². The Morgan fingerprint density at radius 1 is 0.933 bits per heavy atom. The first-order chi connectivity index (χ1) is 7.08. The van der Waals surface area contributed by atoms with Gasteiger partial charge in [-0.2, -0.15) is 0 Å². The first-order valence-electron chi connectivity index (χ1n) is 6.83. The van der Waals surface area contributed by atoms with Gasteiger partial charge in [0, 0.05) is 18.6 Å². The van der Waals surface area contributed by atoms with E-state index < -0.39 is 0 Å². The number of fused-ring (bicyclic) bond motifs is 2. The molecule has 6 atom stereocenters. The largest absolute Gasteiger partial charge is 0.297 e. The summed E-state index contributed by atoms with van der Waals surface area (Å²) < 4.78 is 0. The van der Waals surface area contributed by atoms with E-state index in [9.17, 15) is 0 Å². The lowest BCUT2D eigenvalue weighted by atomic mass is 9.76. The van der Waals surface area contributed by atoms with Gasteiger partial charge >= 0.3 is 0 Å². The Hall–Kier alpha value is -0.0400. The molecule has 3 bridgehead atoms. The van der Waals surface area contributed by atoms with Crippen molar-refractivity contribution in [2.24, 2.45) is 23.7 Å². The summed E-state index contributed by atoms with van der Waals surface area (Å²) in [5, 5.41) is 0. The first-order valence-corrected chi connectivity index (χ1v) is 6.83. The molecular weight excluding hydrogens is 182 g/mol. The van der Waals surface area contributed by atoms with Crippen LogP contribution in [0.1, 0.15) is 46.5 Å². The highest BCUT2D eigenvalue weighted by Gasteiger charge is 2.49. The van der Waals surface area contributed by atoms with Gasteiger partial charge in [0.15, 0.2) is 0 Å². The van der Waals surface area contributed by atoms with Gasteiger partial charge in [-0.05, 0) is 49.9 Å². The average molecular weight is 207 g/mol. The summed E-state index contributed by atoms with van der Waals surface area (Å²) in [6.45, 7) is 10.3. The quantitative estimate of drug-likeness (QED) is 0.590. The highest BCUT2D eigenvalue weighted by Crippen LogP contribution is 2.49. The van der Waals surface area contributed by atoms with Crippen LogP contribution in [0.25, 0.3) is 0 Å². The minimum Gasteiger partial charge on any atom is -0.297 e. The third kappa shape index (κ3) is 1.46. The highest BCUT2D eigenvalue weighted by molar-refractivity contribution is 5.03. The van der Waals surface area contributed by atoms with E-state index in [1.807, 2.05) is 0 Å². The zero-order chi connectivity index (χ0) is 10.6. The Labute approximate surface area is 94.2 Å². The summed E-state index contributed by atoms with van der Waals surface area (Å²) in [6.07, 6.45) is 5.92. The van der Waals surface area contributed by atoms with Gasteiger partial charge < -0.3 is 0 Å². The Morgan fingerprint density at radius 3 is 2.47 bits per heavy atom. The Balaban J connectivity index is 1.92. The van der Waals surface area contributed by atoms with Gasteiger partial charge in [0.25, 0.3) is 0 Å². The fraction of sp³-hybridized carbons (Fsp3) is 1.00. The summed E-state index contributed by atoms with van der Waals surface area (Å²) in [4.78, 5) is 2.83. The molecule has 1 nitrogen and oxygen atoms in total. The van der Waals surface area contributed by atoms with Gasteiger partial charge in [-0.3, -0.25) is 4.90 Å². The maximum absolute atomic E-state index is 2.83. The molecule has 3 fully saturated rings. The van der Waals surface area contributed by atoms with Crippen LogP contribution in [0.2, 0.25) is 0 Å². The molecule has 0 aliphatic carbocycles. The van der Waals surface area contributed by atoms with Crippen LogP contribution in [0.4, 0.5) is 0 Å². The first kappa shape index (κ1) is 10.1. The van der Waals surface area contributed by atoms with Crippen molar-refractivity contribution in [2.75, 3.05) is 13.1 Å². The molecule has 3 heterocycles. The van der Waals surface area contributed by atoms with Crippen molar-refractivity contribution in [3.63, 3.8) is 0 Å². The summed E-state index contributed by atoms with van der Waals surface area (Å²) in [5.41, 5.74) is 0.569. The van der Waals surface area contributed by atoms with Crippen molar-refractivity contribution in [3.8, 4) is 0 Å². The standard InChI is InChI=1S/C14H25N/c1-10-4-5-12-8-15-9-13(10)7-14(15,3)6-11(12)2/h10-13H,4-9H2,1-3H3. The zero-order valence-electron chi connectivity index (χ0n) is 10.5. The zero-order valence-corrected chi connectivity index (χ0v) is 10.5. The average Bonchev–Trinajstić information content (AvgIpc) is 2.50. The normalized spacial score (nSPS) is 59.0. The molecule has 0 amide bonds. The number of hydrogen-bond acceptors (Lipinski definition) is 1. The topological polar surface area (TPSA) is 3.24 Å². The van der Waals surface area contributed by atoms with Crippen LogP contribution in [0.3, 0.4) is 0 Å². The number of nitrogens with zero attached hydrogens (tertiary/aromatic N) is 1. The van der Waals surface area contributed by atoms with Crippen LogP contribution in [-0.4, -0.2) is 23.5 Å². The molecule has 3 rings (SSSR count). The van der Waals surface area contributed by atoms with Crippen LogP contribution in [0.5, 0.6) is 0 Å². The van der Waals surface area contributed by atoms with Crippen LogP contribution in [0.15, 0.2) is 0 Å². The lowest BCUT2D eigenvalue weighted by Crippen LogP contribution is -2.51. The van der Waals surface area contributed by atoms with Crippen LogP contribution in [-0.2, 0) is 0 Å². The minimum atomic E-state index is 0.569. The van der Waals surface area contributed by atoms with Crippen molar-refractivity contribution in [1.29, 1.82) is 0 Å². The molecule has 0 aromatic carbocycles. The fourth-order valence-corrected chi connectivity index (χ4v) is 4.56. The smallest absolute Gasteiger partial charge is 0.0187 e. The highest BCUT2D eigenvalue weighted by atomic mass is 15.2. The van der Waals surface area contributed by atoms with Gasteiger partial charge in [-0.25, -0.2) is 0 Å². The number of hydrogen-bond donors (Lipinski definition) is 0. The van der Waals surface area contributed by atoms with Crippen molar-refractivity contribution < 1.29 is 0 Å². The van der Waals surface area contributed by atoms with Gasteiger partial charge in [-0.1, -0.05) is 20.3 Å². The van der Waals surface area contributed by atoms with Crippen LogP contribution in [0, 0.1) is 23.7 Å². The molecule has 3 aliphatic rings. The molecule has 0 saturated carbocycles. The van der Waals surface area contributed by atoms with E-state index >= 15 is 0 Å². The molecule has 0 N–H and O–H groups in total. The van der Waals surface area contributed by atoms with Gasteiger partial charge in [0.05, 0.1) is 0 Å². The molecule has 3 aliphatic heterocycles. The molecule has 0 aromatic heterocycles. The van der Waals surface area contributed by atoms with E-state index in [1.165, 1.54) is 38.8 Å². The van der Waals surface area contributed by atoms with Crippen molar-refractivity contribution >= 4 is 0 Å². The lowest BCUT2D eigenvalue weighted by Gasteiger charge is -2.47. The van der Waals surface area contributed by atoms with E-state index in [0.717, 1.165) is 23.7 Å². The Kier molecular flexibility index (Phi) is 2.18. The maximum Gasteiger partial charge on any atom is 0.0187 e. The monoisotopic (exact) mass is 207 g/mol. The van der Waals surface area contributed by atoms with Crippen LogP contribution >= 0.6 is 0 Å². The Morgan fingerprint density at radius 2 is 1.67 bits per heavy atom. The second-order valence-electron chi connectivity index (χ2n) is 6.86. The summed E-state index contributed by atoms with van der Waals surface area (Å²) in [6, 6.07) is 0. The molecular formula is C14H25N. The second-order valence-corrected chi connectivity index (χ2v) is 6.86. The van der Waals surface area contributed by atoms with Crippen molar-refractivity contribution in [2.45, 2.75) is 52.0 Å². The van der Waals surface area contributed by atoms with Gasteiger partial charge in [0.2, 0.25) is 0 Å². The van der Waals surface area contributed by atoms with Crippen molar-refractivity contribution in [1.82, 2.24) is 4.90 Å². The number of rotatable bonds is 0. The maximum atomic E-state index is 2.83. The van der Waals surface area contributed by atoms with Crippen molar-refractivity contribution in [3.05, 3.63) is 0 Å². The predicted octanol–water partition coefficient (Wildman–Crippen LogP) is 3.15. The molecule has 0 aromatic rings. The van der Waals surface area contributed by atoms with Gasteiger partial charge in [0.1, 0.15) is 0 Å². The number of piperidine rings is 1. The third-order valence-corrected chi connectivity index (χ3v) is 5.74. The molecule has 15 heavy (non-hydrogen) atoms. The van der Waals surface area contributed by atoms with Crippen LogP contribution < -0.4 is 0 Å². The molecule has 1 heteroatoms. The second kappa shape index (κ2) is 3.23. The SMILES string of the molecule is CC1CC2(C)CC3CN2CC1CCC3C. The Bertz CT molecular complexity index is 262. The minimum absolute atomic E-state index is 0.569. The third-order valence-electron chi connectivity index (χ3n) is 5.74. The fourth-order valence-electron chi connectivity index (χ4n) is 4.56. The molecule has 86 valence electrons. The lowest BCUT2D eigenvalue weighted by molar-refractivity contribution is 0.0270. The molecule has 0 radical (unpaired) electrons. The van der Waals surface area contributed by atoms with E-state index in [4.69, 9.17) is 0 Å². The van der Waals surface area contributed by atoms with E-state index in [-0.39, 0.29) is 0 Å². The molecule has 6 unspecified atom stereocenters. The molecule has 3 saturated heterocycles. The van der Waals surface area contributed by atoms with E-state index in [0.29, 0.717) is 5.54 Å². The van der Waals surface area contributed by atoms with Gasteiger partial charge in [-0.15, -0.1) is 0 Å². The summed E-state index contributed by atoms with van der Waals surface area (Å²) in [7, 11) is 0. The summed E-state index contributed by atoms with van der Waals surface area (Å²) >= 11 is 0. The predicted molar refractivity (Wildman–Crippen MR) is 63.8 cm³/mol. The summed E-state index contributed by atoms with van der Waals surface area (Å²) in [5.74, 6) is 3.94. The molecule has 0 spiro atoms. The van der Waals surface area contributed by atoms with E-state index in [1.54, 1.807) is 0 Å².